The maximum atomic E-state index is 6.47. The highest BCUT2D eigenvalue weighted by atomic mass is 16.5. The predicted octanol–water partition coefficient (Wildman–Crippen LogP) is 13.0. The van der Waals surface area contributed by atoms with E-state index in [0.717, 1.165) is 52.3 Å². The van der Waals surface area contributed by atoms with Crippen LogP contribution < -0.4 is 0 Å². The molecule has 1 heterocycles. The van der Waals surface area contributed by atoms with Crippen LogP contribution in [0.1, 0.15) is 175 Å². The van der Waals surface area contributed by atoms with Gasteiger partial charge in [-0.05, 0) is 83.0 Å². The second-order valence-electron chi connectivity index (χ2n) is 14.8. The van der Waals surface area contributed by atoms with Gasteiger partial charge in [-0.2, -0.15) is 0 Å². The van der Waals surface area contributed by atoms with E-state index in [9.17, 15) is 0 Å². The summed E-state index contributed by atoms with van der Waals surface area (Å²) in [5.74, 6) is 0.532. The standard InChI is InChI=1S/C45H83NO3/c1-5-7-9-11-13-15-17-19-21-23-25-27-29-31-33-35-37-48-44-40-46(39-43(3)42-47-4)41-45(44)49-38-36-34-32-30-28-26-24-22-20-18-16-14-12-10-8-6-2/h13-16,19-22,43-45H,5-12,17-18,23-42H2,1-4H3/b15-13-,16-14-,21-19-,22-20-/t43?,44-,45-/m1/s1. The van der Waals surface area contributed by atoms with Crippen LogP contribution in [0.3, 0.4) is 0 Å². The molecule has 1 unspecified atom stereocenters. The van der Waals surface area contributed by atoms with Crippen LogP contribution in [0.4, 0.5) is 0 Å². The van der Waals surface area contributed by atoms with E-state index >= 15 is 0 Å². The number of methoxy groups -OCH3 is 1. The number of ether oxygens (including phenoxy) is 3. The molecule has 0 bridgehead atoms. The summed E-state index contributed by atoms with van der Waals surface area (Å²) in [7, 11) is 1.80. The Morgan fingerprint density at radius 3 is 1.27 bits per heavy atom. The molecule has 1 aliphatic rings. The highest BCUT2D eigenvalue weighted by molar-refractivity contribution is 4.93. The number of rotatable bonds is 36. The molecule has 0 radical (unpaired) electrons. The Hall–Kier alpha value is -1.20. The van der Waals surface area contributed by atoms with Gasteiger partial charge < -0.3 is 14.2 Å². The summed E-state index contributed by atoms with van der Waals surface area (Å²) in [5.41, 5.74) is 0. The molecule has 0 aliphatic carbocycles. The Balaban J connectivity index is 2.12. The summed E-state index contributed by atoms with van der Waals surface area (Å²) in [5, 5.41) is 0. The second kappa shape index (κ2) is 36.6. The maximum absolute atomic E-state index is 6.47. The van der Waals surface area contributed by atoms with Gasteiger partial charge in [0, 0.05) is 46.6 Å². The van der Waals surface area contributed by atoms with Gasteiger partial charge in [-0.25, -0.2) is 0 Å². The van der Waals surface area contributed by atoms with Crippen LogP contribution in [0.25, 0.3) is 0 Å². The first kappa shape index (κ1) is 45.8. The lowest BCUT2D eigenvalue weighted by atomic mass is 10.1. The normalized spacial score (nSPS) is 18.0. The molecule has 1 fully saturated rings. The number of nitrogens with zero attached hydrogens (tertiary/aromatic N) is 1. The minimum atomic E-state index is 0.206. The minimum absolute atomic E-state index is 0.206. The Labute approximate surface area is 306 Å². The summed E-state index contributed by atoms with van der Waals surface area (Å²) in [6.45, 7) is 12.4. The van der Waals surface area contributed by atoms with Gasteiger partial charge in [0.1, 0.15) is 0 Å². The highest BCUT2D eigenvalue weighted by Gasteiger charge is 2.34. The number of likely N-dealkylation sites (tertiary alicyclic amines) is 1. The monoisotopic (exact) mass is 686 g/mol. The van der Waals surface area contributed by atoms with Gasteiger partial charge in [0.15, 0.2) is 0 Å². The third-order valence-electron chi connectivity index (χ3n) is 9.67. The Kier molecular flexibility index (Phi) is 34.2. The quantitative estimate of drug-likeness (QED) is 0.0485. The van der Waals surface area contributed by atoms with Gasteiger partial charge in [-0.15, -0.1) is 0 Å². The number of unbranched alkanes of at least 4 members (excludes halogenated alkanes) is 18. The van der Waals surface area contributed by atoms with Crippen LogP contribution >= 0.6 is 0 Å². The second-order valence-corrected chi connectivity index (χ2v) is 14.8. The lowest BCUT2D eigenvalue weighted by molar-refractivity contribution is -0.0481. The van der Waals surface area contributed by atoms with Crippen LogP contribution in [0.2, 0.25) is 0 Å². The van der Waals surface area contributed by atoms with Crippen molar-refractivity contribution in [1.82, 2.24) is 4.90 Å². The molecule has 1 aliphatic heterocycles. The molecule has 1 saturated heterocycles. The van der Waals surface area contributed by atoms with Crippen molar-refractivity contribution < 1.29 is 14.2 Å². The van der Waals surface area contributed by atoms with E-state index in [1.54, 1.807) is 7.11 Å². The lowest BCUT2D eigenvalue weighted by Crippen LogP contribution is -2.30. The third-order valence-corrected chi connectivity index (χ3v) is 9.67. The van der Waals surface area contributed by atoms with Gasteiger partial charge in [0.25, 0.3) is 0 Å². The van der Waals surface area contributed by atoms with Crippen LogP contribution in [-0.2, 0) is 14.2 Å². The van der Waals surface area contributed by atoms with E-state index in [2.05, 4.69) is 74.3 Å². The van der Waals surface area contributed by atoms with Crippen LogP contribution in [0, 0.1) is 5.92 Å². The van der Waals surface area contributed by atoms with Crippen molar-refractivity contribution >= 4 is 0 Å². The first-order chi connectivity index (χ1) is 24.2. The minimum Gasteiger partial charge on any atom is -0.384 e. The molecule has 4 nitrogen and oxygen atoms in total. The van der Waals surface area contributed by atoms with Crippen molar-refractivity contribution in [3.8, 4) is 0 Å². The summed E-state index contributed by atoms with van der Waals surface area (Å²) >= 11 is 0. The fourth-order valence-electron chi connectivity index (χ4n) is 6.72. The molecule has 49 heavy (non-hydrogen) atoms. The molecule has 0 spiro atoms. The summed E-state index contributed by atoms with van der Waals surface area (Å²) in [6, 6.07) is 0. The summed E-state index contributed by atoms with van der Waals surface area (Å²) < 4.78 is 18.3. The van der Waals surface area contributed by atoms with Crippen molar-refractivity contribution in [2.24, 2.45) is 5.92 Å². The van der Waals surface area contributed by atoms with Gasteiger partial charge in [0.2, 0.25) is 0 Å². The molecule has 286 valence electrons. The van der Waals surface area contributed by atoms with E-state index in [-0.39, 0.29) is 12.2 Å². The molecule has 0 N–H and O–H groups in total. The zero-order valence-electron chi connectivity index (χ0n) is 33.2. The lowest BCUT2D eigenvalue weighted by Gasteiger charge is -2.20. The average molecular weight is 686 g/mol. The first-order valence-corrected chi connectivity index (χ1v) is 21.3. The van der Waals surface area contributed by atoms with Gasteiger partial charge in [-0.3, -0.25) is 4.90 Å². The summed E-state index contributed by atoms with van der Waals surface area (Å²) in [4.78, 5) is 2.54. The molecule has 0 aromatic carbocycles. The highest BCUT2D eigenvalue weighted by Crippen LogP contribution is 2.20. The van der Waals surface area contributed by atoms with Crippen LogP contribution in [0.15, 0.2) is 48.6 Å². The molecule has 3 atom stereocenters. The van der Waals surface area contributed by atoms with Crippen molar-refractivity contribution in [2.75, 3.05) is 46.6 Å². The predicted molar refractivity (Wildman–Crippen MR) is 216 cm³/mol. The molecule has 0 aromatic heterocycles. The third kappa shape index (κ3) is 30.2. The first-order valence-electron chi connectivity index (χ1n) is 21.3. The van der Waals surface area contributed by atoms with Crippen molar-refractivity contribution in [2.45, 2.75) is 187 Å². The maximum Gasteiger partial charge on any atom is 0.0975 e. The van der Waals surface area contributed by atoms with E-state index in [1.807, 2.05) is 0 Å². The fraction of sp³-hybridized carbons (Fsp3) is 0.822. The van der Waals surface area contributed by atoms with Gasteiger partial charge in [0.05, 0.1) is 12.2 Å². The largest absolute Gasteiger partial charge is 0.384 e. The molecule has 0 amide bonds. The zero-order chi connectivity index (χ0) is 35.3. The number of hydrogen-bond donors (Lipinski definition) is 0. The SMILES string of the molecule is CCCCC/C=C\C/C=C\CCCCCCCCO[C@@H]1CN(CC(C)COC)C[C@H]1OCCCCCCCC/C=C\C/C=C\CCCCC. The summed E-state index contributed by atoms with van der Waals surface area (Å²) in [6.07, 6.45) is 49.9. The molecular weight excluding hydrogens is 602 g/mol. The average Bonchev–Trinajstić information content (AvgIpc) is 3.48. The van der Waals surface area contributed by atoms with Gasteiger partial charge in [-0.1, -0.05) is 146 Å². The Morgan fingerprint density at radius 2 is 0.878 bits per heavy atom. The number of allylic oxidation sites excluding steroid dienone is 8. The Morgan fingerprint density at radius 1 is 0.510 bits per heavy atom. The van der Waals surface area contributed by atoms with Crippen molar-refractivity contribution in [3.05, 3.63) is 48.6 Å². The zero-order valence-corrected chi connectivity index (χ0v) is 33.2. The topological polar surface area (TPSA) is 30.9 Å². The van der Waals surface area contributed by atoms with E-state index in [1.165, 1.54) is 141 Å². The van der Waals surface area contributed by atoms with Crippen LogP contribution in [-0.4, -0.2) is 63.7 Å². The number of hydrogen-bond acceptors (Lipinski definition) is 4. The molecular formula is C45H83NO3. The van der Waals surface area contributed by atoms with E-state index in [0.29, 0.717) is 5.92 Å². The Bertz CT molecular complexity index is 732. The fourth-order valence-corrected chi connectivity index (χ4v) is 6.72. The molecule has 0 aromatic rings. The van der Waals surface area contributed by atoms with Gasteiger partial charge >= 0.3 is 0 Å². The van der Waals surface area contributed by atoms with E-state index < -0.39 is 0 Å². The molecule has 1 rings (SSSR count). The molecule has 4 heteroatoms. The van der Waals surface area contributed by atoms with Crippen LogP contribution in [0.5, 0.6) is 0 Å². The van der Waals surface area contributed by atoms with E-state index in [4.69, 9.17) is 14.2 Å². The smallest absolute Gasteiger partial charge is 0.0975 e. The van der Waals surface area contributed by atoms with Crippen molar-refractivity contribution in [3.63, 3.8) is 0 Å². The van der Waals surface area contributed by atoms with Crippen molar-refractivity contribution in [1.29, 1.82) is 0 Å². The molecule has 0 saturated carbocycles.